The lowest BCUT2D eigenvalue weighted by molar-refractivity contribution is -0.123. The van der Waals surface area contributed by atoms with E-state index in [1.165, 1.54) is 13.0 Å². The monoisotopic (exact) mass is 344 g/mol. The lowest BCUT2D eigenvalue weighted by Gasteiger charge is -2.15. The minimum Gasteiger partial charge on any atom is -0.449 e. The summed E-state index contributed by atoms with van der Waals surface area (Å²) in [7, 11) is 0. The molecule has 5 heteroatoms. The third kappa shape index (κ3) is 3.70. The van der Waals surface area contributed by atoms with Crippen molar-refractivity contribution in [3.05, 3.63) is 77.9 Å². The van der Waals surface area contributed by atoms with E-state index in [4.69, 9.17) is 10.00 Å². The van der Waals surface area contributed by atoms with Gasteiger partial charge in [0.25, 0.3) is 5.91 Å². The van der Waals surface area contributed by atoms with E-state index in [2.05, 4.69) is 5.32 Å². The van der Waals surface area contributed by atoms with Crippen molar-refractivity contribution in [2.75, 3.05) is 5.32 Å². The first-order chi connectivity index (χ1) is 12.6. The van der Waals surface area contributed by atoms with Crippen LogP contribution in [-0.4, -0.2) is 18.0 Å². The zero-order valence-electron chi connectivity index (χ0n) is 14.1. The summed E-state index contributed by atoms with van der Waals surface area (Å²) in [6.07, 6.45) is -0.979. The van der Waals surface area contributed by atoms with Gasteiger partial charge in [-0.2, -0.15) is 5.26 Å². The predicted molar refractivity (Wildman–Crippen MR) is 98.6 cm³/mol. The zero-order chi connectivity index (χ0) is 18.5. The molecule has 3 aromatic rings. The second-order valence-electron chi connectivity index (χ2n) is 5.76. The average Bonchev–Trinajstić information content (AvgIpc) is 2.68. The van der Waals surface area contributed by atoms with Gasteiger partial charge in [0.05, 0.1) is 17.2 Å². The van der Waals surface area contributed by atoms with Crippen LogP contribution in [0.4, 0.5) is 5.69 Å². The number of nitrogens with zero attached hydrogens (tertiary/aromatic N) is 1. The van der Waals surface area contributed by atoms with Crippen LogP contribution in [0.15, 0.2) is 66.7 Å². The molecule has 1 amide bonds. The molecule has 0 aliphatic carbocycles. The summed E-state index contributed by atoms with van der Waals surface area (Å²) < 4.78 is 5.22. The maximum Gasteiger partial charge on any atom is 0.338 e. The first kappa shape index (κ1) is 17.2. The Morgan fingerprint density at radius 1 is 1.04 bits per heavy atom. The highest BCUT2D eigenvalue weighted by molar-refractivity contribution is 6.04. The molecule has 128 valence electrons. The maximum atomic E-state index is 12.4. The predicted octanol–water partition coefficient (Wildman–Crippen LogP) is 3.90. The standard InChI is InChI=1S/C21H16N2O3/c1-14(26-21(25)17-9-4-6-15(12-17)13-22)20(24)23-19-11-5-8-16-7-2-3-10-18(16)19/h2-12,14H,1H3,(H,23,24)/t14-/m1/s1. The van der Waals surface area contributed by atoms with Crippen LogP contribution in [-0.2, 0) is 9.53 Å². The van der Waals surface area contributed by atoms with Crippen molar-refractivity contribution in [2.45, 2.75) is 13.0 Å². The summed E-state index contributed by atoms with van der Waals surface area (Å²) in [6, 6.07) is 21.4. The Labute approximate surface area is 150 Å². The first-order valence-electron chi connectivity index (χ1n) is 8.08. The van der Waals surface area contributed by atoms with Crippen molar-refractivity contribution in [3.8, 4) is 6.07 Å². The Morgan fingerprint density at radius 3 is 2.58 bits per heavy atom. The van der Waals surface area contributed by atoms with Gasteiger partial charge in [0.15, 0.2) is 6.10 Å². The number of hydrogen-bond donors (Lipinski definition) is 1. The van der Waals surface area contributed by atoms with Crippen LogP contribution in [0.1, 0.15) is 22.8 Å². The Bertz CT molecular complexity index is 1020. The number of ether oxygens (including phenoxy) is 1. The molecule has 0 aromatic heterocycles. The Morgan fingerprint density at radius 2 is 1.77 bits per heavy atom. The van der Waals surface area contributed by atoms with Gasteiger partial charge in [-0.25, -0.2) is 4.79 Å². The topological polar surface area (TPSA) is 79.2 Å². The van der Waals surface area contributed by atoms with E-state index in [0.717, 1.165) is 10.8 Å². The zero-order valence-corrected chi connectivity index (χ0v) is 14.1. The molecule has 0 heterocycles. The largest absolute Gasteiger partial charge is 0.449 e. The smallest absolute Gasteiger partial charge is 0.338 e. The quantitative estimate of drug-likeness (QED) is 0.728. The van der Waals surface area contributed by atoms with E-state index in [-0.39, 0.29) is 5.56 Å². The van der Waals surface area contributed by atoms with Gasteiger partial charge in [-0.3, -0.25) is 4.79 Å². The number of nitrogens with one attached hydrogen (secondary N) is 1. The highest BCUT2D eigenvalue weighted by atomic mass is 16.5. The van der Waals surface area contributed by atoms with Gasteiger partial charge >= 0.3 is 5.97 Å². The molecule has 0 bridgehead atoms. The maximum absolute atomic E-state index is 12.4. The molecule has 0 aliphatic rings. The molecule has 1 atom stereocenters. The van der Waals surface area contributed by atoms with Crippen molar-refractivity contribution >= 4 is 28.3 Å². The summed E-state index contributed by atoms with van der Waals surface area (Å²) in [5, 5.41) is 13.6. The summed E-state index contributed by atoms with van der Waals surface area (Å²) in [6.45, 7) is 1.51. The van der Waals surface area contributed by atoms with Crippen molar-refractivity contribution in [1.29, 1.82) is 5.26 Å². The number of nitriles is 1. The molecule has 0 unspecified atom stereocenters. The van der Waals surface area contributed by atoms with E-state index in [1.807, 2.05) is 42.5 Å². The molecular weight excluding hydrogens is 328 g/mol. The van der Waals surface area contributed by atoms with E-state index < -0.39 is 18.0 Å². The van der Waals surface area contributed by atoms with Crippen molar-refractivity contribution in [3.63, 3.8) is 0 Å². The van der Waals surface area contributed by atoms with Crippen LogP contribution in [0.3, 0.4) is 0 Å². The first-order valence-corrected chi connectivity index (χ1v) is 8.08. The molecule has 5 nitrogen and oxygen atoms in total. The van der Waals surface area contributed by atoms with E-state index in [1.54, 1.807) is 24.3 Å². The number of anilines is 1. The Hall–Kier alpha value is -3.65. The number of carbonyl (C=O) groups is 2. The van der Waals surface area contributed by atoms with E-state index in [9.17, 15) is 9.59 Å². The molecule has 0 saturated carbocycles. The molecule has 0 fully saturated rings. The minimum atomic E-state index is -0.979. The lowest BCUT2D eigenvalue weighted by Crippen LogP contribution is -2.30. The molecule has 0 radical (unpaired) electrons. The molecule has 0 saturated heterocycles. The SMILES string of the molecule is C[C@@H](OC(=O)c1cccc(C#N)c1)C(=O)Nc1cccc2ccccc12. The Balaban J connectivity index is 1.71. The Kier molecular flexibility index (Phi) is 4.95. The summed E-state index contributed by atoms with van der Waals surface area (Å²) in [5.41, 5.74) is 1.24. The van der Waals surface area contributed by atoms with Gasteiger partial charge in [-0.1, -0.05) is 42.5 Å². The van der Waals surface area contributed by atoms with Gasteiger partial charge in [0, 0.05) is 11.1 Å². The number of amides is 1. The van der Waals surface area contributed by atoms with Gasteiger partial charge in [0.2, 0.25) is 0 Å². The lowest BCUT2D eigenvalue weighted by atomic mass is 10.1. The van der Waals surface area contributed by atoms with Crippen molar-refractivity contribution in [1.82, 2.24) is 0 Å². The third-order valence-corrected chi connectivity index (χ3v) is 3.93. The van der Waals surface area contributed by atoms with Gasteiger partial charge in [0.1, 0.15) is 0 Å². The summed E-state index contributed by atoms with van der Waals surface area (Å²) in [4.78, 5) is 24.6. The molecular formula is C21H16N2O3. The molecule has 3 rings (SSSR count). The number of esters is 1. The molecule has 1 N–H and O–H groups in total. The number of carbonyl (C=O) groups excluding carboxylic acids is 2. The number of benzene rings is 3. The van der Waals surface area contributed by atoms with Gasteiger partial charge < -0.3 is 10.1 Å². The third-order valence-electron chi connectivity index (χ3n) is 3.93. The van der Waals surface area contributed by atoms with Crippen LogP contribution in [0, 0.1) is 11.3 Å². The summed E-state index contributed by atoms with van der Waals surface area (Å²) >= 11 is 0. The number of hydrogen-bond acceptors (Lipinski definition) is 4. The van der Waals surface area contributed by atoms with Crippen molar-refractivity contribution in [2.24, 2.45) is 0 Å². The number of fused-ring (bicyclic) bond motifs is 1. The molecule has 3 aromatic carbocycles. The van der Waals surface area contributed by atoms with Crippen molar-refractivity contribution < 1.29 is 14.3 Å². The number of rotatable bonds is 4. The van der Waals surface area contributed by atoms with Crippen LogP contribution in [0.2, 0.25) is 0 Å². The highest BCUT2D eigenvalue weighted by Gasteiger charge is 2.19. The van der Waals surface area contributed by atoms with Crippen LogP contribution in [0.25, 0.3) is 10.8 Å². The van der Waals surface area contributed by atoms with Crippen LogP contribution >= 0.6 is 0 Å². The second-order valence-corrected chi connectivity index (χ2v) is 5.76. The van der Waals surface area contributed by atoms with Gasteiger partial charge in [-0.05, 0) is 36.6 Å². The summed E-state index contributed by atoms with van der Waals surface area (Å²) in [5.74, 6) is -1.08. The van der Waals surface area contributed by atoms with Gasteiger partial charge in [-0.15, -0.1) is 0 Å². The molecule has 26 heavy (non-hydrogen) atoms. The van der Waals surface area contributed by atoms with Crippen LogP contribution < -0.4 is 5.32 Å². The average molecular weight is 344 g/mol. The fourth-order valence-corrected chi connectivity index (χ4v) is 2.57. The molecule has 0 aliphatic heterocycles. The minimum absolute atomic E-state index is 0.230. The van der Waals surface area contributed by atoms with E-state index in [0.29, 0.717) is 11.3 Å². The molecule has 0 spiro atoms. The normalized spacial score (nSPS) is 11.4. The fraction of sp³-hybridized carbons (Fsp3) is 0.0952. The van der Waals surface area contributed by atoms with E-state index >= 15 is 0 Å². The highest BCUT2D eigenvalue weighted by Crippen LogP contribution is 2.23. The second kappa shape index (κ2) is 7.49. The van der Waals surface area contributed by atoms with Crippen LogP contribution in [0.5, 0.6) is 0 Å². The fourth-order valence-electron chi connectivity index (χ4n) is 2.57.